The third kappa shape index (κ3) is 4.16. The summed E-state index contributed by atoms with van der Waals surface area (Å²) in [6.45, 7) is 0. The van der Waals surface area contributed by atoms with Crippen molar-refractivity contribution >= 4 is 11.4 Å². The summed E-state index contributed by atoms with van der Waals surface area (Å²) in [5.41, 5.74) is 1.55. The zero-order chi connectivity index (χ0) is 13.5. The van der Waals surface area contributed by atoms with Crippen molar-refractivity contribution in [3.05, 3.63) is 82.8 Å². The molecule has 0 spiro atoms. The van der Waals surface area contributed by atoms with Gasteiger partial charge in [-0.15, -0.1) is 0 Å². The molecule has 0 aliphatic rings. The van der Waals surface area contributed by atoms with Crippen molar-refractivity contribution in [3.63, 3.8) is 0 Å². The Bertz CT molecular complexity index is 524. The summed E-state index contributed by atoms with van der Waals surface area (Å²) < 4.78 is 0. The first kappa shape index (κ1) is 12.6. The van der Waals surface area contributed by atoms with Gasteiger partial charge in [0.1, 0.15) is 0 Å². The molecule has 2 rings (SSSR count). The van der Waals surface area contributed by atoms with E-state index >= 15 is 0 Å². The van der Waals surface area contributed by atoms with Crippen LogP contribution in [0.2, 0.25) is 0 Å². The lowest BCUT2D eigenvalue weighted by Crippen LogP contribution is -2.11. The molecule has 2 N–H and O–H groups in total. The zero-order valence-corrected chi connectivity index (χ0v) is 10.1. The van der Waals surface area contributed by atoms with Crippen LogP contribution in [-0.4, -0.2) is 4.92 Å². The molecule has 0 bridgehead atoms. The minimum Gasteiger partial charge on any atom is -0.337 e. The maximum atomic E-state index is 10.6. The fraction of sp³-hybridized carbons (Fsp3) is 0. The highest BCUT2D eigenvalue weighted by Gasteiger charge is 2.04. The molecule has 0 heterocycles. The van der Waals surface area contributed by atoms with Crippen molar-refractivity contribution in [1.29, 1.82) is 0 Å². The van der Waals surface area contributed by atoms with E-state index in [-0.39, 0.29) is 0 Å². The van der Waals surface area contributed by atoms with Gasteiger partial charge in [-0.25, -0.2) is 0 Å². The molecule has 19 heavy (non-hydrogen) atoms. The maximum absolute atomic E-state index is 10.6. The van der Waals surface area contributed by atoms with Crippen LogP contribution < -0.4 is 10.6 Å². The van der Waals surface area contributed by atoms with E-state index in [4.69, 9.17) is 0 Å². The van der Waals surface area contributed by atoms with Crippen molar-refractivity contribution in [1.82, 2.24) is 0 Å². The second-order valence-corrected chi connectivity index (χ2v) is 3.81. The fourth-order valence-electron chi connectivity index (χ4n) is 1.56. The Morgan fingerprint density at radius 1 is 0.895 bits per heavy atom. The molecule has 0 unspecified atom stereocenters. The van der Waals surface area contributed by atoms with Crippen LogP contribution in [0.15, 0.2) is 72.7 Å². The van der Waals surface area contributed by atoms with Crippen LogP contribution >= 0.6 is 0 Å². The highest BCUT2D eigenvalue weighted by Crippen LogP contribution is 2.13. The summed E-state index contributed by atoms with van der Waals surface area (Å²) in [6, 6.07) is 18.5. The average Bonchev–Trinajstić information content (AvgIpc) is 2.40. The van der Waals surface area contributed by atoms with E-state index in [0.717, 1.165) is 17.6 Å². The smallest absolute Gasteiger partial charge is 0.274 e. The van der Waals surface area contributed by atoms with Gasteiger partial charge in [-0.05, 0) is 24.3 Å². The third-order valence-electron chi connectivity index (χ3n) is 2.34. The number of nitrogens with zero attached hydrogens (tertiary/aromatic N) is 1. The van der Waals surface area contributed by atoms with Crippen LogP contribution in [0, 0.1) is 10.1 Å². The number of nitro groups is 1. The van der Waals surface area contributed by atoms with Gasteiger partial charge < -0.3 is 10.6 Å². The van der Waals surface area contributed by atoms with Gasteiger partial charge in [0.2, 0.25) is 0 Å². The average molecular weight is 255 g/mol. The minimum absolute atomic E-state index is 0.308. The summed E-state index contributed by atoms with van der Waals surface area (Å²) in [5, 5.41) is 16.6. The molecule has 2 aromatic rings. The molecular weight excluding hydrogens is 242 g/mol. The number of rotatable bonds is 5. The summed E-state index contributed by atoms with van der Waals surface area (Å²) in [4.78, 5) is 10.1. The van der Waals surface area contributed by atoms with E-state index in [0.29, 0.717) is 5.82 Å². The number of benzene rings is 2. The molecule has 5 nitrogen and oxygen atoms in total. The normalized spacial score (nSPS) is 9.47. The minimum atomic E-state index is -0.499. The van der Waals surface area contributed by atoms with Gasteiger partial charge in [0, 0.05) is 11.4 Å². The lowest BCUT2D eigenvalue weighted by atomic mass is 10.3. The molecule has 0 aromatic heterocycles. The molecule has 0 fully saturated rings. The van der Waals surface area contributed by atoms with E-state index < -0.39 is 4.92 Å². The maximum Gasteiger partial charge on any atom is 0.274 e. The van der Waals surface area contributed by atoms with Gasteiger partial charge in [0.05, 0.1) is 4.92 Å². The Morgan fingerprint density at radius 2 is 1.32 bits per heavy atom. The highest BCUT2D eigenvalue weighted by molar-refractivity contribution is 5.55. The summed E-state index contributed by atoms with van der Waals surface area (Å²) in [5.74, 6) is 0.308. The number of nitrogens with one attached hydrogen (secondary N) is 2. The predicted octanol–water partition coefficient (Wildman–Crippen LogP) is 3.29. The van der Waals surface area contributed by atoms with Crippen LogP contribution in [0.1, 0.15) is 0 Å². The Kier molecular flexibility index (Phi) is 4.12. The topological polar surface area (TPSA) is 67.2 Å². The van der Waals surface area contributed by atoms with E-state index in [2.05, 4.69) is 10.6 Å². The van der Waals surface area contributed by atoms with Gasteiger partial charge in [0.15, 0.2) is 5.82 Å². The molecule has 0 atom stereocenters. The predicted molar refractivity (Wildman–Crippen MR) is 75.2 cm³/mol. The molecule has 0 radical (unpaired) electrons. The molecule has 5 heteroatoms. The van der Waals surface area contributed by atoms with E-state index in [1.807, 2.05) is 60.7 Å². The van der Waals surface area contributed by atoms with E-state index in [1.54, 1.807) is 0 Å². The quantitative estimate of drug-likeness (QED) is 0.635. The first-order valence-corrected chi connectivity index (χ1v) is 5.73. The van der Waals surface area contributed by atoms with Crippen LogP contribution in [0.3, 0.4) is 0 Å². The van der Waals surface area contributed by atoms with Crippen LogP contribution in [0.5, 0.6) is 0 Å². The highest BCUT2D eigenvalue weighted by atomic mass is 16.6. The molecule has 2 aromatic carbocycles. The van der Waals surface area contributed by atoms with Crippen molar-refractivity contribution in [2.45, 2.75) is 0 Å². The Labute approximate surface area is 110 Å². The first-order valence-electron chi connectivity index (χ1n) is 5.73. The fourth-order valence-corrected chi connectivity index (χ4v) is 1.56. The van der Waals surface area contributed by atoms with Crippen molar-refractivity contribution in [2.75, 3.05) is 10.6 Å². The monoisotopic (exact) mass is 255 g/mol. The zero-order valence-electron chi connectivity index (χ0n) is 10.1. The lowest BCUT2D eigenvalue weighted by molar-refractivity contribution is -0.403. The molecule has 0 amide bonds. The third-order valence-corrected chi connectivity index (χ3v) is 2.34. The second-order valence-electron chi connectivity index (χ2n) is 3.81. The van der Waals surface area contributed by atoms with Gasteiger partial charge in [-0.1, -0.05) is 36.4 Å². The lowest BCUT2D eigenvalue weighted by Gasteiger charge is -2.11. The van der Waals surface area contributed by atoms with Crippen LogP contribution in [-0.2, 0) is 0 Å². The van der Waals surface area contributed by atoms with E-state index in [1.165, 1.54) is 0 Å². The van der Waals surface area contributed by atoms with Gasteiger partial charge in [-0.3, -0.25) is 10.1 Å². The molecule has 0 saturated heterocycles. The molecular formula is C14H13N3O2. The van der Waals surface area contributed by atoms with E-state index in [9.17, 15) is 10.1 Å². The SMILES string of the molecule is O=[N+]([O-])C=C(Nc1ccccc1)Nc1ccccc1. The van der Waals surface area contributed by atoms with Gasteiger partial charge in [-0.2, -0.15) is 0 Å². The van der Waals surface area contributed by atoms with Gasteiger partial charge in [0.25, 0.3) is 6.20 Å². The van der Waals surface area contributed by atoms with Crippen LogP contribution in [0.25, 0.3) is 0 Å². The Hall–Kier alpha value is -2.82. The van der Waals surface area contributed by atoms with Crippen molar-refractivity contribution in [2.24, 2.45) is 0 Å². The number of hydrogen-bond donors (Lipinski definition) is 2. The van der Waals surface area contributed by atoms with Crippen molar-refractivity contribution in [3.8, 4) is 0 Å². The second kappa shape index (κ2) is 6.20. The first-order chi connectivity index (χ1) is 9.24. The Balaban J connectivity index is 2.16. The number of para-hydroxylation sites is 2. The largest absolute Gasteiger partial charge is 0.337 e. The molecule has 0 saturated carbocycles. The van der Waals surface area contributed by atoms with Crippen molar-refractivity contribution < 1.29 is 4.92 Å². The summed E-state index contributed by atoms with van der Waals surface area (Å²) >= 11 is 0. The summed E-state index contributed by atoms with van der Waals surface area (Å²) in [6.07, 6.45) is 0.903. The van der Waals surface area contributed by atoms with Gasteiger partial charge >= 0.3 is 0 Å². The molecule has 96 valence electrons. The Morgan fingerprint density at radius 3 is 1.68 bits per heavy atom. The standard InChI is InChI=1S/C14H13N3O2/c18-17(19)11-14(15-12-7-3-1-4-8-12)16-13-9-5-2-6-10-13/h1-11,15-16H. The number of anilines is 2. The molecule has 0 aliphatic carbocycles. The van der Waals surface area contributed by atoms with Crippen LogP contribution in [0.4, 0.5) is 11.4 Å². The number of hydrogen-bond acceptors (Lipinski definition) is 4. The molecule has 0 aliphatic heterocycles. The summed E-state index contributed by atoms with van der Waals surface area (Å²) in [7, 11) is 0.